The van der Waals surface area contributed by atoms with E-state index in [1.165, 1.54) is 0 Å². The van der Waals surface area contributed by atoms with Crippen LogP contribution in [0.5, 0.6) is 0 Å². The number of rotatable bonds is 4. The van der Waals surface area contributed by atoms with Gasteiger partial charge < -0.3 is 19.3 Å². The number of ether oxygens (including phenoxy) is 2. The van der Waals surface area contributed by atoms with E-state index in [9.17, 15) is 0 Å². The van der Waals surface area contributed by atoms with E-state index in [0.29, 0.717) is 0 Å². The van der Waals surface area contributed by atoms with E-state index in [4.69, 9.17) is 33.9 Å². The fourth-order valence-corrected chi connectivity index (χ4v) is 7.83. The highest BCUT2D eigenvalue weighted by molar-refractivity contribution is 8.91. The Morgan fingerprint density at radius 2 is 1.14 bits per heavy atom. The average molecular weight is 403 g/mol. The molecule has 0 bridgehead atoms. The quantitative estimate of drug-likeness (QED) is 0.302. The van der Waals surface area contributed by atoms with Crippen molar-refractivity contribution in [3.8, 4) is 0 Å². The summed E-state index contributed by atoms with van der Waals surface area (Å²) in [6.07, 6.45) is 0. The first kappa shape index (κ1) is 18.4. The second kappa shape index (κ2) is 10.8. The molecule has 21 heavy (non-hydrogen) atoms. The standard InChI is InChI=1S/C11H18N2O2S6/c16-10(12-1-5-14-6-2-12)20-18-9-19-21-11(17)13-3-7-15-8-4-13/h1-9H2. The molecule has 0 spiro atoms. The summed E-state index contributed by atoms with van der Waals surface area (Å²) < 4.78 is 12.6. The maximum atomic E-state index is 5.43. The van der Waals surface area contributed by atoms with Gasteiger partial charge in [-0.05, 0) is 21.6 Å². The van der Waals surface area contributed by atoms with E-state index in [1.807, 2.05) is 0 Å². The minimum absolute atomic E-state index is 0.782. The predicted molar refractivity (Wildman–Crippen MR) is 105 cm³/mol. The smallest absolute Gasteiger partial charge is 0.147 e. The second-order valence-electron chi connectivity index (χ2n) is 4.25. The number of hydrogen-bond acceptors (Lipinski definition) is 8. The third-order valence-electron chi connectivity index (χ3n) is 2.90. The van der Waals surface area contributed by atoms with Gasteiger partial charge in [0.1, 0.15) is 8.64 Å². The first-order valence-electron chi connectivity index (χ1n) is 6.59. The van der Waals surface area contributed by atoms with Crippen molar-refractivity contribution in [3.63, 3.8) is 0 Å². The fraction of sp³-hybridized carbons (Fsp3) is 0.818. The molecule has 120 valence electrons. The van der Waals surface area contributed by atoms with Gasteiger partial charge in [0.25, 0.3) is 0 Å². The summed E-state index contributed by atoms with van der Waals surface area (Å²) in [5.41, 5.74) is 0. The van der Waals surface area contributed by atoms with E-state index in [-0.39, 0.29) is 0 Å². The lowest BCUT2D eigenvalue weighted by Crippen LogP contribution is -2.38. The van der Waals surface area contributed by atoms with E-state index in [1.54, 1.807) is 43.2 Å². The molecule has 0 atom stereocenters. The Morgan fingerprint density at radius 3 is 1.52 bits per heavy atom. The lowest BCUT2D eigenvalue weighted by atomic mass is 10.5. The maximum Gasteiger partial charge on any atom is 0.147 e. The molecule has 2 rings (SSSR count). The zero-order valence-electron chi connectivity index (χ0n) is 11.5. The van der Waals surface area contributed by atoms with E-state index < -0.39 is 0 Å². The van der Waals surface area contributed by atoms with Crippen molar-refractivity contribution in [1.29, 1.82) is 0 Å². The van der Waals surface area contributed by atoms with Crippen molar-refractivity contribution in [1.82, 2.24) is 9.80 Å². The SMILES string of the molecule is S=C(SSCSSC(=S)N1CCOCC1)N1CCOCC1. The summed E-state index contributed by atoms with van der Waals surface area (Å²) in [7, 11) is 6.91. The largest absolute Gasteiger partial charge is 0.378 e. The Hall–Kier alpha value is 1.10. The van der Waals surface area contributed by atoms with Gasteiger partial charge in [0.2, 0.25) is 0 Å². The van der Waals surface area contributed by atoms with Crippen molar-refractivity contribution >= 4 is 76.3 Å². The van der Waals surface area contributed by atoms with E-state index in [0.717, 1.165) is 66.3 Å². The molecular weight excluding hydrogens is 385 g/mol. The molecular formula is C11H18N2O2S6. The van der Waals surface area contributed by atoms with Crippen LogP contribution in [0.2, 0.25) is 0 Å². The molecule has 0 aliphatic carbocycles. The number of hydrogen-bond donors (Lipinski definition) is 0. The van der Waals surface area contributed by atoms with Crippen molar-refractivity contribution in [3.05, 3.63) is 0 Å². The average Bonchev–Trinajstić information content (AvgIpc) is 2.55. The van der Waals surface area contributed by atoms with Crippen LogP contribution in [0.15, 0.2) is 0 Å². The molecule has 0 N–H and O–H groups in total. The van der Waals surface area contributed by atoms with E-state index in [2.05, 4.69) is 9.80 Å². The molecule has 0 saturated carbocycles. The third kappa shape index (κ3) is 7.03. The molecule has 4 nitrogen and oxygen atoms in total. The number of morpholine rings is 2. The summed E-state index contributed by atoms with van der Waals surface area (Å²) in [6.45, 7) is 6.77. The van der Waals surface area contributed by atoms with Gasteiger partial charge in [-0.15, -0.1) is 0 Å². The summed E-state index contributed by atoms with van der Waals surface area (Å²) in [5, 5.41) is 0.963. The van der Waals surface area contributed by atoms with Crippen LogP contribution in [0, 0.1) is 0 Å². The fourth-order valence-electron chi connectivity index (χ4n) is 1.77. The highest BCUT2D eigenvalue weighted by Gasteiger charge is 2.15. The van der Waals surface area contributed by atoms with Crippen LogP contribution in [-0.4, -0.2) is 76.1 Å². The minimum Gasteiger partial charge on any atom is -0.378 e. The van der Waals surface area contributed by atoms with Gasteiger partial charge in [-0.1, -0.05) is 46.0 Å². The molecule has 10 heteroatoms. The topological polar surface area (TPSA) is 24.9 Å². The van der Waals surface area contributed by atoms with Gasteiger partial charge in [-0.3, -0.25) is 0 Å². The first-order valence-corrected chi connectivity index (χ1v) is 12.0. The Morgan fingerprint density at radius 1 is 0.762 bits per heavy atom. The Balaban J connectivity index is 1.51. The number of thiocarbonyl (C=S) groups is 2. The van der Waals surface area contributed by atoms with Crippen LogP contribution in [0.4, 0.5) is 0 Å². The van der Waals surface area contributed by atoms with Gasteiger partial charge in [-0.25, -0.2) is 0 Å². The normalized spacial score (nSPS) is 19.6. The van der Waals surface area contributed by atoms with Crippen LogP contribution in [0.3, 0.4) is 0 Å². The van der Waals surface area contributed by atoms with Crippen LogP contribution in [0.25, 0.3) is 0 Å². The van der Waals surface area contributed by atoms with Crippen molar-refractivity contribution in [2.75, 3.05) is 57.7 Å². The van der Waals surface area contributed by atoms with Crippen molar-refractivity contribution in [2.45, 2.75) is 0 Å². The predicted octanol–water partition coefficient (Wildman–Crippen LogP) is 2.94. The first-order chi connectivity index (χ1) is 10.3. The molecule has 0 aromatic carbocycles. The minimum atomic E-state index is 0.782. The molecule has 0 aromatic rings. The summed E-state index contributed by atoms with van der Waals surface area (Å²) in [5.74, 6) is 0. The molecule has 0 aromatic heterocycles. The Bertz CT molecular complexity index is 316. The van der Waals surface area contributed by atoms with Gasteiger partial charge in [0.05, 0.1) is 31.5 Å². The third-order valence-corrected chi connectivity index (χ3v) is 9.74. The molecule has 2 aliphatic heterocycles. The van der Waals surface area contributed by atoms with Gasteiger partial charge in [-0.2, -0.15) is 0 Å². The summed E-state index contributed by atoms with van der Waals surface area (Å²) in [6, 6.07) is 0. The second-order valence-corrected chi connectivity index (χ2v) is 10.5. The summed E-state index contributed by atoms with van der Waals surface area (Å²) in [4.78, 5) is 4.43. The van der Waals surface area contributed by atoms with Gasteiger partial charge in [0.15, 0.2) is 0 Å². The zero-order valence-corrected chi connectivity index (χ0v) is 16.4. The Labute approximate surface area is 152 Å². The van der Waals surface area contributed by atoms with Crippen molar-refractivity contribution < 1.29 is 9.47 Å². The van der Waals surface area contributed by atoms with Gasteiger partial charge >= 0.3 is 0 Å². The molecule has 0 radical (unpaired) electrons. The Kier molecular flexibility index (Phi) is 9.48. The lowest BCUT2D eigenvalue weighted by molar-refractivity contribution is 0.0702. The monoisotopic (exact) mass is 402 g/mol. The molecule has 2 aliphatic rings. The lowest BCUT2D eigenvalue weighted by Gasteiger charge is -2.28. The van der Waals surface area contributed by atoms with Crippen LogP contribution >= 0.6 is 67.6 Å². The molecule has 0 amide bonds. The van der Waals surface area contributed by atoms with Crippen LogP contribution in [-0.2, 0) is 9.47 Å². The maximum absolute atomic E-state index is 5.43. The number of nitrogens with zero attached hydrogens (tertiary/aromatic N) is 2. The zero-order chi connectivity index (χ0) is 14.9. The highest BCUT2D eigenvalue weighted by Crippen LogP contribution is 2.35. The highest BCUT2D eigenvalue weighted by atomic mass is 33.1. The molecule has 2 saturated heterocycles. The van der Waals surface area contributed by atoms with Crippen molar-refractivity contribution in [2.24, 2.45) is 0 Å². The summed E-state index contributed by atoms with van der Waals surface area (Å²) >= 11 is 10.9. The van der Waals surface area contributed by atoms with Crippen LogP contribution < -0.4 is 0 Å². The van der Waals surface area contributed by atoms with Crippen LogP contribution in [0.1, 0.15) is 0 Å². The molecule has 2 heterocycles. The molecule has 0 unspecified atom stereocenters. The molecule has 2 fully saturated rings. The van der Waals surface area contributed by atoms with Gasteiger partial charge in [0, 0.05) is 26.2 Å². The van der Waals surface area contributed by atoms with E-state index >= 15 is 0 Å².